The molecule has 0 saturated heterocycles. The Bertz CT molecular complexity index is 838. The fourth-order valence-electron chi connectivity index (χ4n) is 14.1. The molecule has 0 aromatic carbocycles. The van der Waals surface area contributed by atoms with Crippen molar-refractivity contribution in [3.05, 3.63) is 0 Å². The van der Waals surface area contributed by atoms with Crippen LogP contribution >= 0.6 is 61.2 Å². The highest BCUT2D eigenvalue weighted by Crippen LogP contribution is 2.67. The molecule has 0 bridgehead atoms. The summed E-state index contributed by atoms with van der Waals surface area (Å²) >= 11 is 20.8. The fourth-order valence-corrected chi connectivity index (χ4v) is 315. The van der Waals surface area contributed by atoms with E-state index in [1.54, 1.807) is 0 Å². The summed E-state index contributed by atoms with van der Waals surface area (Å²) in [7, 11) is -16.6. The van der Waals surface area contributed by atoms with Gasteiger partial charge in [0.2, 0.25) is 8.70 Å². The number of halogens is 4. The van der Waals surface area contributed by atoms with Crippen molar-refractivity contribution in [2.75, 3.05) is 0 Å². The number of hydrogen-bond acceptors (Lipinski definition) is 0. The van der Waals surface area contributed by atoms with Crippen molar-refractivity contribution < 1.29 is 0 Å². The Morgan fingerprint density at radius 3 is 0.370 bits per heavy atom. The van der Waals surface area contributed by atoms with E-state index in [9.17, 15) is 0 Å². The van der Waals surface area contributed by atoms with E-state index < -0.39 is 88.5 Å². The van der Waals surface area contributed by atoms with Crippen LogP contribution in [0.3, 0.4) is 0 Å². The minimum Gasteiger partial charge on any atom is -0.116 e. The van der Waals surface area contributed by atoms with E-state index in [2.05, 4.69) is 170 Å². The highest BCUT2D eigenvalue weighted by atomic mass is 79.9. The molecule has 16 heteroatoms. The van der Waals surface area contributed by atoms with Crippen LogP contribution < -0.4 is 0 Å². The van der Waals surface area contributed by atoms with Crippen molar-refractivity contribution in [1.82, 2.24) is 0 Å². The van der Waals surface area contributed by atoms with E-state index >= 15 is 0 Å². The maximum Gasteiger partial charge on any atom is 0.203 e. The molecular formula is C30H82Br4Si12. The van der Waals surface area contributed by atoms with Gasteiger partial charge < -0.3 is 0 Å². The molecule has 0 rings (SSSR count). The van der Waals surface area contributed by atoms with Crippen LogP contribution in [0.2, 0.25) is 189 Å². The van der Waals surface area contributed by atoms with E-state index in [4.69, 9.17) is 61.2 Å². The van der Waals surface area contributed by atoms with Crippen molar-refractivity contribution in [1.29, 1.82) is 0 Å². The summed E-state index contributed by atoms with van der Waals surface area (Å²) in [6.07, 6.45) is 0. The Kier molecular flexibility index (Phi) is 16.3. The maximum absolute atomic E-state index is 5.21. The minimum absolute atomic E-state index is 0.969. The van der Waals surface area contributed by atoms with Crippen molar-refractivity contribution >= 4 is 150 Å². The second-order valence-electron chi connectivity index (χ2n) is 24.4. The maximum atomic E-state index is 5.21. The van der Waals surface area contributed by atoms with Gasteiger partial charge in [-0.05, 0) is 0 Å². The summed E-state index contributed by atoms with van der Waals surface area (Å²) in [5.41, 5.74) is 0. The number of rotatable bonds is 15. The third-order valence-electron chi connectivity index (χ3n) is 11.1. The SMILES string of the molecule is C[Si](C)(C)C([Si](C)(C)C)[Si](C)(C([Si](C)(C)C)[Si](C)(C)C)[Si](Br)(Br)[Si](Br)(Br)[Si](C)(C([Si](C)(C)C)[Si](C)(C)C)C([Si](C)(C)C)[Si](C)(C)C. The first kappa shape index (κ1) is 50.5. The predicted octanol–water partition coefficient (Wildman–Crippen LogP) is 15.3. The second kappa shape index (κ2) is 14.9. The molecule has 0 aromatic heterocycles. The molecule has 0 aliphatic carbocycles. The lowest BCUT2D eigenvalue weighted by Gasteiger charge is -2.68. The van der Waals surface area contributed by atoms with Gasteiger partial charge >= 0.3 is 0 Å². The van der Waals surface area contributed by atoms with Gasteiger partial charge in [-0.1, -0.05) is 189 Å². The normalized spacial score (nSPS) is 16.8. The van der Waals surface area contributed by atoms with Crippen molar-refractivity contribution in [2.45, 2.75) is 189 Å². The molecule has 0 heterocycles. The van der Waals surface area contributed by atoms with Gasteiger partial charge in [0.05, 0.1) is 15.2 Å². The highest BCUT2D eigenvalue weighted by Gasteiger charge is 2.80. The zero-order valence-corrected chi connectivity index (χ0v) is 54.2. The zero-order valence-electron chi connectivity index (χ0n) is 35.8. The molecule has 0 aromatic rings. The highest BCUT2D eigenvalue weighted by molar-refractivity contribution is 9.69. The van der Waals surface area contributed by atoms with Gasteiger partial charge in [0.25, 0.3) is 0 Å². The monoisotopic (exact) mass is 1090 g/mol. The molecule has 0 fully saturated rings. The molecule has 0 spiro atoms. The van der Waals surface area contributed by atoms with E-state index in [0.29, 0.717) is 0 Å². The van der Waals surface area contributed by atoms with Crippen LogP contribution in [0.15, 0.2) is 0 Å². The molecule has 0 N–H and O–H groups in total. The first-order chi connectivity index (χ1) is 19.2. The largest absolute Gasteiger partial charge is 0.203 e. The van der Waals surface area contributed by atoms with Gasteiger partial charge in [-0.25, -0.2) is 0 Å². The van der Waals surface area contributed by atoms with E-state index in [0.717, 1.165) is 19.2 Å². The molecule has 278 valence electrons. The molecule has 46 heavy (non-hydrogen) atoms. The van der Waals surface area contributed by atoms with Gasteiger partial charge in [0.1, 0.15) is 0 Å². The minimum atomic E-state index is -2.30. The summed E-state index contributed by atoms with van der Waals surface area (Å²) < 4.78 is -4.60. The van der Waals surface area contributed by atoms with Crippen LogP contribution in [-0.2, 0) is 0 Å². The van der Waals surface area contributed by atoms with Gasteiger partial charge in [-0.3, -0.25) is 0 Å². The fraction of sp³-hybridized carbons (Fsp3) is 1.00. The average molecular weight is 1100 g/mol. The molecule has 0 saturated carbocycles. The Labute approximate surface area is 335 Å². The lowest BCUT2D eigenvalue weighted by atomic mass is 11.6. The lowest BCUT2D eigenvalue weighted by Crippen LogP contribution is -2.87. The third kappa shape index (κ3) is 10.2. The van der Waals surface area contributed by atoms with Crippen LogP contribution in [-0.4, -0.2) is 88.5 Å². The standard InChI is InChI=1S/C30H82Br4Si12/c1-35(2,3)27(36(4,5)6)43(25,28(37(7,8)9)38(10,11)12)45(31,32)46(33,34)44(26,29(39(13,14)15)40(16,17)18)30(41(19,20)21)42(22,23)24/h27-30H,1-26H3. The smallest absolute Gasteiger partial charge is 0.116 e. The van der Waals surface area contributed by atoms with Crippen LogP contribution in [0.5, 0.6) is 0 Å². The predicted molar refractivity (Wildman–Crippen MR) is 272 cm³/mol. The zero-order chi connectivity index (χ0) is 38.3. The van der Waals surface area contributed by atoms with Gasteiger partial charge in [-0.2, -0.15) is 0 Å². The molecule has 0 nitrogen and oxygen atoms in total. The molecule has 0 radical (unpaired) electrons. The van der Waals surface area contributed by atoms with E-state index in [1.165, 1.54) is 0 Å². The Balaban J connectivity index is 9.24. The van der Waals surface area contributed by atoms with Crippen molar-refractivity contribution in [3.8, 4) is 0 Å². The second-order valence-corrected chi connectivity index (χ2v) is 140. The van der Waals surface area contributed by atoms with E-state index in [-0.39, 0.29) is 0 Å². The molecular weight excluding hydrogens is 1020 g/mol. The van der Waals surface area contributed by atoms with Crippen LogP contribution in [0, 0.1) is 0 Å². The lowest BCUT2D eigenvalue weighted by molar-refractivity contribution is 1.27. The summed E-state index contributed by atoms with van der Waals surface area (Å²) in [5, 5.41) is 0. The average Bonchev–Trinajstić information content (AvgIpc) is 2.56. The Morgan fingerprint density at radius 2 is 0.304 bits per heavy atom. The van der Waals surface area contributed by atoms with Crippen LogP contribution in [0.1, 0.15) is 0 Å². The summed E-state index contributed by atoms with van der Waals surface area (Å²) in [4.78, 5) is 3.87. The van der Waals surface area contributed by atoms with Gasteiger partial charge in [0, 0.05) is 64.6 Å². The quantitative estimate of drug-likeness (QED) is 0.113. The Hall–Kier alpha value is 4.52. The molecule has 0 aliphatic heterocycles. The van der Waals surface area contributed by atoms with Gasteiger partial charge in [0.15, 0.2) is 0 Å². The summed E-state index contributed by atoms with van der Waals surface area (Å²) in [5.74, 6) is 0. The topological polar surface area (TPSA) is 0 Å². The third-order valence-corrected chi connectivity index (χ3v) is 213. The summed E-state index contributed by atoms with van der Waals surface area (Å²) in [6, 6.07) is 0. The first-order valence-electron chi connectivity index (χ1n) is 18.0. The van der Waals surface area contributed by atoms with Gasteiger partial charge in [-0.15, -0.1) is 61.2 Å². The van der Waals surface area contributed by atoms with Crippen molar-refractivity contribution in [2.24, 2.45) is 0 Å². The number of hydrogen-bond donors (Lipinski definition) is 0. The molecule has 0 unspecified atom stereocenters. The van der Waals surface area contributed by atoms with Crippen LogP contribution in [0.25, 0.3) is 0 Å². The molecule has 0 amide bonds. The summed E-state index contributed by atoms with van der Waals surface area (Å²) in [6.45, 7) is 73.1. The van der Waals surface area contributed by atoms with E-state index in [1.807, 2.05) is 0 Å². The van der Waals surface area contributed by atoms with Crippen molar-refractivity contribution in [3.63, 3.8) is 0 Å². The first-order valence-corrected chi connectivity index (χ1v) is 67.9. The van der Waals surface area contributed by atoms with Crippen LogP contribution in [0.4, 0.5) is 0 Å². The molecule has 0 atom stereocenters. The molecule has 0 aliphatic rings. The Morgan fingerprint density at radius 1 is 0.217 bits per heavy atom.